The number of thiazole rings is 1. The van der Waals surface area contributed by atoms with Gasteiger partial charge < -0.3 is 5.32 Å². The summed E-state index contributed by atoms with van der Waals surface area (Å²) in [6, 6.07) is 3.15. The Morgan fingerprint density at radius 1 is 1.43 bits per heavy atom. The summed E-state index contributed by atoms with van der Waals surface area (Å²) in [6.45, 7) is 1.51. The van der Waals surface area contributed by atoms with E-state index in [9.17, 15) is 12.8 Å². The Morgan fingerprint density at radius 3 is 2.95 bits per heavy atom. The van der Waals surface area contributed by atoms with E-state index in [4.69, 9.17) is 11.6 Å². The maximum atomic E-state index is 13.0. The summed E-state index contributed by atoms with van der Waals surface area (Å²) >= 11 is 7.08. The predicted octanol–water partition coefficient (Wildman–Crippen LogP) is 2.38. The first-order valence-electron chi connectivity index (χ1n) is 6.13. The second-order valence-electron chi connectivity index (χ2n) is 4.50. The van der Waals surface area contributed by atoms with Gasteiger partial charge in [0.2, 0.25) is 0 Å². The molecule has 3 rings (SSSR count). The molecule has 2 heterocycles. The largest absolute Gasteiger partial charge is 0.311 e. The number of halogens is 2. The van der Waals surface area contributed by atoms with Crippen molar-refractivity contribution in [3.05, 3.63) is 39.6 Å². The summed E-state index contributed by atoms with van der Waals surface area (Å²) in [7, 11) is -3.88. The molecule has 0 amide bonds. The Balaban J connectivity index is 1.90. The standard InChI is InChI=1S/C12H11ClFN3O2S2/c13-8-5-7(14)1-2-11(8)21(18,19)17-12-16-9-3-4-15-6-10(9)20-12/h1-2,5,15H,3-4,6H2,(H,16,17). The highest BCUT2D eigenvalue weighted by atomic mass is 35.5. The molecule has 0 atom stereocenters. The van der Waals surface area contributed by atoms with E-state index in [2.05, 4.69) is 15.0 Å². The van der Waals surface area contributed by atoms with Crippen LogP contribution < -0.4 is 10.0 Å². The first kappa shape index (κ1) is 14.7. The lowest BCUT2D eigenvalue weighted by atomic mass is 10.2. The number of benzene rings is 1. The quantitative estimate of drug-likeness (QED) is 0.894. The molecule has 1 aliphatic heterocycles. The zero-order chi connectivity index (χ0) is 15.0. The van der Waals surface area contributed by atoms with Crippen LogP contribution in [0.1, 0.15) is 10.6 Å². The Morgan fingerprint density at radius 2 is 2.24 bits per heavy atom. The van der Waals surface area contributed by atoms with Gasteiger partial charge in [-0.1, -0.05) is 22.9 Å². The number of fused-ring (bicyclic) bond motifs is 1. The number of hydrogen-bond donors (Lipinski definition) is 2. The fourth-order valence-electron chi connectivity index (χ4n) is 2.03. The maximum absolute atomic E-state index is 13.0. The Bertz CT molecular complexity index is 768. The molecule has 0 radical (unpaired) electrons. The van der Waals surface area contributed by atoms with Crippen LogP contribution in [0.2, 0.25) is 5.02 Å². The molecule has 0 unspecified atom stereocenters. The summed E-state index contributed by atoms with van der Waals surface area (Å²) in [5.74, 6) is -0.588. The van der Waals surface area contributed by atoms with Gasteiger partial charge in [-0.3, -0.25) is 4.72 Å². The molecule has 1 aromatic heterocycles. The van der Waals surface area contributed by atoms with Crippen molar-refractivity contribution in [3.8, 4) is 0 Å². The predicted molar refractivity (Wildman–Crippen MR) is 79.7 cm³/mol. The molecule has 0 bridgehead atoms. The van der Waals surface area contributed by atoms with Gasteiger partial charge in [-0.15, -0.1) is 0 Å². The molecule has 0 spiro atoms. The van der Waals surface area contributed by atoms with E-state index >= 15 is 0 Å². The van der Waals surface area contributed by atoms with E-state index < -0.39 is 15.8 Å². The van der Waals surface area contributed by atoms with E-state index in [1.807, 2.05) is 0 Å². The second kappa shape index (κ2) is 5.53. The van der Waals surface area contributed by atoms with Gasteiger partial charge in [0.15, 0.2) is 5.13 Å². The van der Waals surface area contributed by atoms with Crippen molar-refractivity contribution >= 4 is 38.1 Å². The van der Waals surface area contributed by atoms with Gasteiger partial charge in [-0.05, 0) is 18.2 Å². The Kier molecular flexibility index (Phi) is 3.87. The van der Waals surface area contributed by atoms with Gasteiger partial charge in [0.25, 0.3) is 10.0 Å². The van der Waals surface area contributed by atoms with Crippen molar-refractivity contribution in [1.82, 2.24) is 10.3 Å². The maximum Gasteiger partial charge on any atom is 0.265 e. The lowest BCUT2D eigenvalue weighted by Crippen LogP contribution is -2.22. The number of hydrogen-bond acceptors (Lipinski definition) is 5. The lowest BCUT2D eigenvalue weighted by molar-refractivity contribution is 0.599. The van der Waals surface area contributed by atoms with Crippen LogP contribution >= 0.6 is 22.9 Å². The van der Waals surface area contributed by atoms with E-state index in [-0.39, 0.29) is 9.92 Å². The van der Waals surface area contributed by atoms with Gasteiger partial charge in [-0.25, -0.2) is 17.8 Å². The smallest absolute Gasteiger partial charge is 0.265 e. The van der Waals surface area contributed by atoms with Gasteiger partial charge in [0.05, 0.1) is 10.7 Å². The van der Waals surface area contributed by atoms with E-state index in [0.29, 0.717) is 11.7 Å². The van der Waals surface area contributed by atoms with Crippen LogP contribution in [0, 0.1) is 5.82 Å². The summed E-state index contributed by atoms with van der Waals surface area (Å²) < 4.78 is 40.0. The average molecular weight is 348 g/mol. The first-order valence-corrected chi connectivity index (χ1v) is 8.80. The van der Waals surface area contributed by atoms with Crippen LogP contribution in [0.5, 0.6) is 0 Å². The molecule has 0 saturated heterocycles. The van der Waals surface area contributed by atoms with Crippen molar-refractivity contribution in [2.45, 2.75) is 17.9 Å². The zero-order valence-electron chi connectivity index (χ0n) is 10.7. The fourth-order valence-corrected chi connectivity index (χ4v) is 4.78. The molecule has 2 N–H and O–H groups in total. The fraction of sp³-hybridized carbons (Fsp3) is 0.250. The molecule has 21 heavy (non-hydrogen) atoms. The molecular weight excluding hydrogens is 337 g/mol. The van der Waals surface area contributed by atoms with Gasteiger partial charge in [-0.2, -0.15) is 0 Å². The number of nitrogens with one attached hydrogen (secondary N) is 2. The Labute approximate surface area is 130 Å². The minimum atomic E-state index is -3.88. The summed E-state index contributed by atoms with van der Waals surface area (Å²) in [5, 5.41) is 3.33. The molecule has 112 valence electrons. The number of rotatable bonds is 3. The summed E-state index contributed by atoms with van der Waals surface area (Å²) in [5.41, 5.74) is 0.904. The van der Waals surface area contributed by atoms with Crippen molar-refractivity contribution in [1.29, 1.82) is 0 Å². The van der Waals surface area contributed by atoms with Crippen molar-refractivity contribution in [2.75, 3.05) is 11.3 Å². The normalized spacial score (nSPS) is 14.8. The molecule has 1 aliphatic rings. The highest BCUT2D eigenvalue weighted by Crippen LogP contribution is 2.29. The van der Waals surface area contributed by atoms with Crippen LogP contribution in [0.4, 0.5) is 9.52 Å². The van der Waals surface area contributed by atoms with Crippen molar-refractivity contribution in [2.24, 2.45) is 0 Å². The van der Waals surface area contributed by atoms with Crippen LogP contribution in [0.3, 0.4) is 0 Å². The molecule has 1 aromatic carbocycles. The molecule has 9 heteroatoms. The number of anilines is 1. The van der Waals surface area contributed by atoms with Crippen LogP contribution in [-0.4, -0.2) is 19.9 Å². The Hall–Kier alpha value is -1.22. The lowest BCUT2D eigenvalue weighted by Gasteiger charge is -2.09. The third kappa shape index (κ3) is 3.03. The average Bonchev–Trinajstić information content (AvgIpc) is 2.79. The highest BCUT2D eigenvalue weighted by Gasteiger charge is 2.22. The third-order valence-corrected chi connectivity index (χ3v) is 5.97. The van der Waals surface area contributed by atoms with Gasteiger partial charge >= 0.3 is 0 Å². The molecule has 5 nitrogen and oxygen atoms in total. The van der Waals surface area contributed by atoms with E-state index in [1.54, 1.807) is 0 Å². The second-order valence-corrected chi connectivity index (χ2v) is 7.64. The number of aromatic nitrogens is 1. The summed E-state index contributed by atoms with van der Waals surface area (Å²) in [6.07, 6.45) is 0.769. The third-order valence-electron chi connectivity index (χ3n) is 3.01. The first-order chi connectivity index (χ1) is 9.95. The number of nitrogens with zero attached hydrogens (tertiary/aromatic N) is 1. The van der Waals surface area contributed by atoms with Gasteiger partial charge in [0.1, 0.15) is 10.7 Å². The van der Waals surface area contributed by atoms with E-state index in [0.717, 1.165) is 41.7 Å². The van der Waals surface area contributed by atoms with E-state index in [1.165, 1.54) is 11.3 Å². The topological polar surface area (TPSA) is 71.1 Å². The molecular formula is C12H11ClFN3O2S2. The van der Waals surface area contributed by atoms with Crippen LogP contribution in [-0.2, 0) is 23.0 Å². The van der Waals surface area contributed by atoms with Crippen LogP contribution in [0.15, 0.2) is 23.1 Å². The highest BCUT2D eigenvalue weighted by molar-refractivity contribution is 7.93. The summed E-state index contributed by atoms with van der Waals surface area (Å²) in [4.78, 5) is 5.13. The van der Waals surface area contributed by atoms with Crippen molar-refractivity contribution < 1.29 is 12.8 Å². The monoisotopic (exact) mass is 347 g/mol. The van der Waals surface area contributed by atoms with Gasteiger partial charge in [0, 0.05) is 24.4 Å². The molecule has 0 aliphatic carbocycles. The molecule has 2 aromatic rings. The van der Waals surface area contributed by atoms with Crippen LogP contribution in [0.25, 0.3) is 0 Å². The molecule has 0 fully saturated rings. The zero-order valence-corrected chi connectivity index (χ0v) is 13.1. The SMILES string of the molecule is O=S(=O)(Nc1nc2c(s1)CNCC2)c1ccc(F)cc1Cl. The molecule has 0 saturated carbocycles. The minimum Gasteiger partial charge on any atom is -0.311 e. The minimum absolute atomic E-state index is 0.162. The number of sulfonamides is 1. The van der Waals surface area contributed by atoms with Crippen molar-refractivity contribution in [3.63, 3.8) is 0 Å².